The summed E-state index contributed by atoms with van der Waals surface area (Å²) >= 11 is 0. The molecule has 3 atom stereocenters. The van der Waals surface area contributed by atoms with E-state index in [2.05, 4.69) is 15.6 Å². The van der Waals surface area contributed by atoms with Gasteiger partial charge in [0, 0.05) is 24.7 Å². The van der Waals surface area contributed by atoms with Gasteiger partial charge in [-0.15, -0.1) is 0 Å². The summed E-state index contributed by atoms with van der Waals surface area (Å²) in [6.45, 7) is 3.90. The van der Waals surface area contributed by atoms with Crippen molar-refractivity contribution < 1.29 is 27.5 Å². The van der Waals surface area contributed by atoms with E-state index >= 15 is 0 Å². The van der Waals surface area contributed by atoms with Crippen LogP contribution in [0.1, 0.15) is 43.7 Å². The predicted molar refractivity (Wildman–Crippen MR) is 137 cm³/mol. The number of β-amino-alcohol motifs (C(OH)–C–C–N with tert-alkyl or cyclic N) is 1. The number of fused-ring (bicyclic) bond motifs is 1. The van der Waals surface area contributed by atoms with Crippen molar-refractivity contribution in [1.29, 1.82) is 0 Å². The maximum atomic E-state index is 13.2. The fourth-order valence-corrected chi connectivity index (χ4v) is 5.86. The van der Waals surface area contributed by atoms with Crippen LogP contribution in [0.25, 0.3) is 11.0 Å². The molecule has 1 saturated heterocycles. The Morgan fingerprint density at radius 1 is 1.19 bits per heavy atom. The van der Waals surface area contributed by atoms with Crippen LogP contribution in [0.15, 0.2) is 64.2 Å². The summed E-state index contributed by atoms with van der Waals surface area (Å²) in [7, 11) is -3.88. The molecule has 3 heterocycles. The number of pyridine rings is 1. The first-order valence-electron chi connectivity index (χ1n) is 12.3. The minimum absolute atomic E-state index is 0.0880. The SMILES string of the molecule is CC(C)CC(NC(=O)c1cc2ccccc2o1)C(=O)NC1CCCN(S(=O)(=O)c2ccccn2)C[C@@H]1O. The molecule has 1 fully saturated rings. The predicted octanol–water partition coefficient (Wildman–Crippen LogP) is 2.30. The van der Waals surface area contributed by atoms with Gasteiger partial charge in [0.05, 0.1) is 12.1 Å². The van der Waals surface area contributed by atoms with Crippen molar-refractivity contribution in [3.05, 3.63) is 60.5 Å². The first-order valence-corrected chi connectivity index (χ1v) is 13.8. The number of carbonyl (C=O) groups excluding carboxylic acids is 2. The smallest absolute Gasteiger partial charge is 0.287 e. The summed E-state index contributed by atoms with van der Waals surface area (Å²) in [5.41, 5.74) is 0.573. The van der Waals surface area contributed by atoms with E-state index in [0.717, 1.165) is 5.39 Å². The average molecular weight is 529 g/mol. The van der Waals surface area contributed by atoms with Crippen LogP contribution in [0.3, 0.4) is 0 Å². The van der Waals surface area contributed by atoms with Gasteiger partial charge in [0.1, 0.15) is 11.6 Å². The van der Waals surface area contributed by atoms with Crippen molar-refractivity contribution in [3.63, 3.8) is 0 Å². The van der Waals surface area contributed by atoms with E-state index in [4.69, 9.17) is 4.42 Å². The lowest BCUT2D eigenvalue weighted by Gasteiger charge is -2.27. The van der Waals surface area contributed by atoms with Crippen molar-refractivity contribution in [1.82, 2.24) is 19.9 Å². The Balaban J connectivity index is 1.43. The topological polar surface area (TPSA) is 142 Å². The van der Waals surface area contributed by atoms with Crippen LogP contribution in [-0.4, -0.2) is 65.9 Å². The summed E-state index contributed by atoms with van der Waals surface area (Å²) in [4.78, 5) is 30.1. The van der Waals surface area contributed by atoms with Gasteiger partial charge in [-0.25, -0.2) is 13.4 Å². The molecule has 1 aromatic carbocycles. The third kappa shape index (κ3) is 6.35. The zero-order chi connectivity index (χ0) is 26.6. The van der Waals surface area contributed by atoms with Crippen LogP contribution < -0.4 is 10.6 Å². The van der Waals surface area contributed by atoms with Crippen LogP contribution in [-0.2, 0) is 14.8 Å². The molecule has 4 rings (SSSR count). The van der Waals surface area contributed by atoms with Crippen molar-refractivity contribution in [2.75, 3.05) is 13.1 Å². The Bertz CT molecular complexity index is 1310. The molecule has 0 radical (unpaired) electrons. The molecule has 3 N–H and O–H groups in total. The van der Waals surface area contributed by atoms with Crippen LogP contribution in [0, 0.1) is 5.92 Å². The fourth-order valence-electron chi connectivity index (χ4n) is 4.44. The number of nitrogens with one attached hydrogen (secondary N) is 2. The maximum Gasteiger partial charge on any atom is 0.287 e. The lowest BCUT2D eigenvalue weighted by atomic mass is 10.0. The maximum absolute atomic E-state index is 13.2. The highest BCUT2D eigenvalue weighted by atomic mass is 32.2. The molecule has 2 amide bonds. The molecule has 1 aliphatic rings. The van der Waals surface area contributed by atoms with Crippen molar-refractivity contribution in [3.8, 4) is 0 Å². The van der Waals surface area contributed by atoms with Crippen LogP contribution in [0.4, 0.5) is 0 Å². The normalized spacial score (nSPS) is 19.9. The summed E-state index contributed by atoms with van der Waals surface area (Å²) in [6.07, 6.45) is 1.47. The Morgan fingerprint density at radius 2 is 1.95 bits per heavy atom. The van der Waals surface area contributed by atoms with Gasteiger partial charge in [-0.2, -0.15) is 4.31 Å². The first kappa shape index (κ1) is 26.8. The molecule has 37 heavy (non-hydrogen) atoms. The molecule has 11 heteroatoms. The van der Waals surface area contributed by atoms with E-state index in [9.17, 15) is 23.1 Å². The number of amides is 2. The van der Waals surface area contributed by atoms with Gasteiger partial charge in [-0.1, -0.05) is 38.1 Å². The molecule has 3 aromatic rings. The van der Waals surface area contributed by atoms with E-state index in [1.54, 1.807) is 24.3 Å². The molecule has 0 aliphatic carbocycles. The zero-order valence-electron chi connectivity index (χ0n) is 20.8. The lowest BCUT2D eigenvalue weighted by molar-refractivity contribution is -0.125. The van der Waals surface area contributed by atoms with Crippen LogP contribution in [0.5, 0.6) is 0 Å². The van der Waals surface area contributed by atoms with E-state index in [-0.39, 0.29) is 29.8 Å². The number of hydrogen-bond acceptors (Lipinski definition) is 7. The highest BCUT2D eigenvalue weighted by molar-refractivity contribution is 7.89. The molecule has 198 valence electrons. The third-order valence-electron chi connectivity index (χ3n) is 6.33. The lowest BCUT2D eigenvalue weighted by Crippen LogP contribution is -2.54. The zero-order valence-corrected chi connectivity index (χ0v) is 21.6. The van der Waals surface area contributed by atoms with Crippen molar-refractivity contribution in [2.45, 2.75) is 56.3 Å². The molecular weight excluding hydrogens is 496 g/mol. The highest BCUT2D eigenvalue weighted by Gasteiger charge is 2.35. The Morgan fingerprint density at radius 3 is 2.65 bits per heavy atom. The summed E-state index contributed by atoms with van der Waals surface area (Å²) < 4.78 is 32.8. The standard InChI is InChI=1S/C26H32N4O6S/c1-17(2)14-20(29-26(33)23-15-18-8-3-4-10-22(18)36-23)25(32)28-19-9-7-13-30(16-21(19)31)37(34,35)24-11-5-6-12-27-24/h3-6,8,10-12,15,17,19-21,31H,7,9,13-14,16H2,1-2H3,(H,28,32)(H,29,33)/t19?,20?,21-/m0/s1. The Kier molecular flexibility index (Phi) is 8.25. The molecule has 0 saturated carbocycles. The molecule has 10 nitrogen and oxygen atoms in total. The second kappa shape index (κ2) is 11.4. The number of carbonyl (C=O) groups is 2. The number of aliphatic hydroxyl groups excluding tert-OH is 1. The van der Waals surface area contributed by atoms with E-state index in [1.165, 1.54) is 16.6 Å². The molecule has 2 unspecified atom stereocenters. The number of sulfonamides is 1. The largest absolute Gasteiger partial charge is 0.451 e. The number of aromatic nitrogens is 1. The van der Waals surface area contributed by atoms with Gasteiger partial charge in [-0.05, 0) is 49.4 Å². The van der Waals surface area contributed by atoms with E-state index < -0.39 is 40.0 Å². The number of hydrogen-bond donors (Lipinski definition) is 3. The Hall–Kier alpha value is -3.28. The second-order valence-corrected chi connectivity index (χ2v) is 11.5. The second-order valence-electron chi connectivity index (χ2n) is 9.66. The quantitative estimate of drug-likeness (QED) is 0.407. The molecule has 1 aliphatic heterocycles. The van der Waals surface area contributed by atoms with Gasteiger partial charge in [0.2, 0.25) is 5.91 Å². The number of para-hydroxylation sites is 1. The number of nitrogens with zero attached hydrogens (tertiary/aromatic N) is 2. The number of rotatable bonds is 8. The average Bonchev–Trinajstić information content (AvgIpc) is 3.23. The minimum atomic E-state index is -3.88. The number of aliphatic hydroxyl groups is 1. The van der Waals surface area contributed by atoms with E-state index in [0.29, 0.717) is 24.8 Å². The summed E-state index contributed by atoms with van der Waals surface area (Å²) in [5, 5.41) is 17.1. The van der Waals surface area contributed by atoms with Crippen LogP contribution in [0.2, 0.25) is 0 Å². The van der Waals surface area contributed by atoms with E-state index in [1.807, 2.05) is 32.0 Å². The number of furan rings is 1. The summed E-state index contributed by atoms with van der Waals surface area (Å²) in [5.74, 6) is -0.744. The molecular formula is C26H32N4O6S. The first-order chi connectivity index (χ1) is 17.6. The highest BCUT2D eigenvalue weighted by Crippen LogP contribution is 2.21. The molecule has 2 aromatic heterocycles. The van der Waals surface area contributed by atoms with Gasteiger partial charge in [0.25, 0.3) is 15.9 Å². The molecule has 0 spiro atoms. The Labute approximate surface area is 216 Å². The summed E-state index contributed by atoms with van der Waals surface area (Å²) in [6, 6.07) is 12.0. The van der Waals surface area contributed by atoms with Gasteiger partial charge in [-0.3, -0.25) is 9.59 Å². The van der Waals surface area contributed by atoms with Crippen molar-refractivity contribution >= 4 is 32.8 Å². The number of benzene rings is 1. The monoisotopic (exact) mass is 528 g/mol. The minimum Gasteiger partial charge on any atom is -0.451 e. The third-order valence-corrected chi connectivity index (χ3v) is 8.11. The van der Waals surface area contributed by atoms with Gasteiger partial charge < -0.3 is 20.2 Å². The van der Waals surface area contributed by atoms with Gasteiger partial charge >= 0.3 is 0 Å². The fraction of sp³-hybridized carbons (Fsp3) is 0.423. The van der Waals surface area contributed by atoms with Gasteiger partial charge in [0.15, 0.2) is 10.8 Å². The van der Waals surface area contributed by atoms with Crippen molar-refractivity contribution in [2.24, 2.45) is 5.92 Å². The van der Waals surface area contributed by atoms with Crippen LogP contribution >= 0.6 is 0 Å². The molecule has 0 bridgehead atoms.